The number of benzene rings is 2. The third kappa shape index (κ3) is 4.56. The van der Waals surface area contributed by atoms with E-state index >= 15 is 0 Å². The number of hydrogen-bond acceptors (Lipinski definition) is 5. The van der Waals surface area contributed by atoms with Crippen molar-refractivity contribution in [3.05, 3.63) is 59.7 Å². The number of carboxylic acid groups (broad SMARTS) is 1. The normalized spacial score (nSPS) is 14.3. The van der Waals surface area contributed by atoms with Gasteiger partial charge in [-0.15, -0.1) is 0 Å². The molecule has 0 aromatic heterocycles. The number of carbonyl (C=O) groups excluding carboxylic acids is 2. The van der Waals surface area contributed by atoms with Gasteiger partial charge < -0.3 is 19.9 Å². The van der Waals surface area contributed by atoms with Gasteiger partial charge in [0.15, 0.2) is 0 Å². The number of fused-ring (bicyclic) bond motifs is 3. The van der Waals surface area contributed by atoms with Crippen molar-refractivity contribution in [2.75, 3.05) is 13.2 Å². The standard InChI is InChI=1S/C22H23NO6/c1-13(20(21(25)26)29-14(2)24)11-23-22(27)28-12-19-17-9-5-3-7-15(17)16-8-4-6-10-18(16)19/h3-10,13,19-20H,11-12H2,1-2H3,(H,23,27)(H,25,26)/t13-,20+/m0/s1. The highest BCUT2D eigenvalue weighted by molar-refractivity contribution is 5.79. The van der Waals surface area contributed by atoms with Crippen LogP contribution in [0.4, 0.5) is 4.79 Å². The maximum Gasteiger partial charge on any atom is 0.407 e. The van der Waals surface area contributed by atoms with Gasteiger partial charge in [-0.3, -0.25) is 4.79 Å². The largest absolute Gasteiger partial charge is 0.478 e. The van der Waals surface area contributed by atoms with Crippen LogP contribution in [-0.2, 0) is 19.1 Å². The van der Waals surface area contributed by atoms with E-state index in [1.54, 1.807) is 6.92 Å². The zero-order chi connectivity index (χ0) is 21.0. The molecule has 2 N–H and O–H groups in total. The van der Waals surface area contributed by atoms with Gasteiger partial charge in [0.25, 0.3) is 0 Å². The Morgan fingerprint density at radius 3 is 2.10 bits per heavy atom. The second-order valence-corrected chi connectivity index (χ2v) is 7.05. The molecule has 0 saturated carbocycles. The van der Waals surface area contributed by atoms with Gasteiger partial charge in [0.1, 0.15) is 6.61 Å². The summed E-state index contributed by atoms with van der Waals surface area (Å²) in [6, 6.07) is 16.0. The Morgan fingerprint density at radius 1 is 1.03 bits per heavy atom. The molecule has 0 fully saturated rings. The molecule has 0 aliphatic heterocycles. The van der Waals surface area contributed by atoms with E-state index in [1.165, 1.54) is 0 Å². The number of alkyl carbamates (subject to hydrolysis) is 1. The number of hydrogen-bond donors (Lipinski definition) is 2. The number of amides is 1. The summed E-state index contributed by atoms with van der Waals surface area (Å²) in [5.74, 6) is -2.62. The molecule has 2 aromatic carbocycles. The van der Waals surface area contributed by atoms with Crippen molar-refractivity contribution < 1.29 is 29.0 Å². The number of ether oxygens (including phenoxy) is 2. The summed E-state index contributed by atoms with van der Waals surface area (Å²) in [6.45, 7) is 2.88. The summed E-state index contributed by atoms with van der Waals surface area (Å²) in [5.41, 5.74) is 4.49. The molecule has 7 nitrogen and oxygen atoms in total. The molecule has 0 bridgehead atoms. The number of aliphatic carboxylic acids is 1. The Balaban J connectivity index is 1.59. The fraction of sp³-hybridized carbons (Fsp3) is 0.318. The quantitative estimate of drug-likeness (QED) is 0.696. The molecule has 0 unspecified atom stereocenters. The first-order chi connectivity index (χ1) is 13.9. The van der Waals surface area contributed by atoms with Crippen LogP contribution in [0.3, 0.4) is 0 Å². The van der Waals surface area contributed by atoms with E-state index in [9.17, 15) is 14.4 Å². The maximum atomic E-state index is 12.2. The number of rotatable bonds is 7. The van der Waals surface area contributed by atoms with Gasteiger partial charge >= 0.3 is 18.0 Å². The fourth-order valence-corrected chi connectivity index (χ4v) is 3.59. The van der Waals surface area contributed by atoms with Crippen LogP contribution in [0.15, 0.2) is 48.5 Å². The van der Waals surface area contributed by atoms with Gasteiger partial charge in [-0.1, -0.05) is 55.5 Å². The molecule has 152 valence electrons. The minimum Gasteiger partial charge on any atom is -0.478 e. The van der Waals surface area contributed by atoms with Gasteiger partial charge in [0, 0.05) is 25.3 Å². The van der Waals surface area contributed by atoms with Crippen LogP contribution < -0.4 is 5.32 Å². The van der Waals surface area contributed by atoms with Crippen LogP contribution in [0.1, 0.15) is 30.9 Å². The molecule has 0 heterocycles. The van der Waals surface area contributed by atoms with E-state index in [0.717, 1.165) is 29.2 Å². The van der Waals surface area contributed by atoms with Gasteiger partial charge in [-0.25, -0.2) is 9.59 Å². The van der Waals surface area contributed by atoms with Crippen molar-refractivity contribution >= 4 is 18.0 Å². The molecule has 0 radical (unpaired) electrons. The lowest BCUT2D eigenvalue weighted by atomic mass is 9.98. The maximum absolute atomic E-state index is 12.2. The topological polar surface area (TPSA) is 102 Å². The van der Waals surface area contributed by atoms with Crippen molar-refractivity contribution in [3.63, 3.8) is 0 Å². The zero-order valence-corrected chi connectivity index (χ0v) is 16.3. The predicted octanol–water partition coefficient (Wildman–Crippen LogP) is 3.18. The second-order valence-electron chi connectivity index (χ2n) is 7.05. The Morgan fingerprint density at radius 2 is 1.59 bits per heavy atom. The summed E-state index contributed by atoms with van der Waals surface area (Å²) in [5, 5.41) is 11.7. The first kappa shape index (κ1) is 20.4. The molecule has 1 aliphatic carbocycles. The fourth-order valence-electron chi connectivity index (χ4n) is 3.59. The van der Waals surface area contributed by atoms with Gasteiger partial charge in [0.2, 0.25) is 6.10 Å². The third-order valence-corrected chi connectivity index (χ3v) is 4.97. The van der Waals surface area contributed by atoms with E-state index < -0.39 is 30.1 Å². The van der Waals surface area contributed by atoms with E-state index in [4.69, 9.17) is 14.6 Å². The van der Waals surface area contributed by atoms with Crippen molar-refractivity contribution in [2.24, 2.45) is 5.92 Å². The van der Waals surface area contributed by atoms with E-state index in [0.29, 0.717) is 0 Å². The molecule has 0 saturated heterocycles. The summed E-state index contributed by atoms with van der Waals surface area (Å²) >= 11 is 0. The molecule has 1 aliphatic rings. The highest BCUT2D eigenvalue weighted by atomic mass is 16.6. The Bertz CT molecular complexity index is 880. The van der Waals surface area contributed by atoms with Crippen LogP contribution >= 0.6 is 0 Å². The smallest absolute Gasteiger partial charge is 0.407 e. The molecular weight excluding hydrogens is 374 g/mol. The molecule has 7 heteroatoms. The van der Waals surface area contributed by atoms with Gasteiger partial charge in [-0.2, -0.15) is 0 Å². The van der Waals surface area contributed by atoms with E-state index in [2.05, 4.69) is 17.4 Å². The Hall–Kier alpha value is -3.35. The Kier molecular flexibility index (Phi) is 6.16. The van der Waals surface area contributed by atoms with Gasteiger partial charge in [0.05, 0.1) is 0 Å². The van der Waals surface area contributed by atoms with Crippen LogP contribution in [-0.4, -0.2) is 42.4 Å². The SMILES string of the molecule is CC(=O)O[C@@H](C(=O)O)[C@@H](C)CNC(=O)OCC1c2ccccc2-c2ccccc21. The lowest BCUT2D eigenvalue weighted by Gasteiger charge is -2.20. The zero-order valence-electron chi connectivity index (χ0n) is 16.3. The molecule has 0 spiro atoms. The highest BCUT2D eigenvalue weighted by Crippen LogP contribution is 2.44. The predicted molar refractivity (Wildman–Crippen MR) is 105 cm³/mol. The number of carboxylic acids is 1. The van der Waals surface area contributed by atoms with E-state index in [-0.39, 0.29) is 19.1 Å². The molecule has 2 aromatic rings. The van der Waals surface area contributed by atoms with Crippen LogP contribution in [0.2, 0.25) is 0 Å². The number of esters is 1. The molecule has 29 heavy (non-hydrogen) atoms. The number of nitrogens with one attached hydrogen (secondary N) is 1. The Labute approximate surface area is 168 Å². The van der Waals surface area contributed by atoms with Crippen LogP contribution in [0.5, 0.6) is 0 Å². The molecular formula is C22H23NO6. The average Bonchev–Trinajstić information content (AvgIpc) is 3.02. The first-order valence-corrected chi connectivity index (χ1v) is 9.37. The lowest BCUT2D eigenvalue weighted by molar-refractivity contribution is -0.165. The van der Waals surface area contributed by atoms with E-state index in [1.807, 2.05) is 36.4 Å². The van der Waals surface area contributed by atoms with Crippen molar-refractivity contribution in [3.8, 4) is 11.1 Å². The summed E-state index contributed by atoms with van der Waals surface area (Å²) in [6.07, 6.45) is -1.98. The van der Waals surface area contributed by atoms with Crippen molar-refractivity contribution in [1.29, 1.82) is 0 Å². The second kappa shape index (κ2) is 8.77. The molecule has 3 rings (SSSR count). The summed E-state index contributed by atoms with van der Waals surface area (Å²) in [4.78, 5) is 34.4. The summed E-state index contributed by atoms with van der Waals surface area (Å²) in [7, 11) is 0. The lowest BCUT2D eigenvalue weighted by Crippen LogP contribution is -2.40. The monoisotopic (exact) mass is 397 g/mol. The molecule has 1 amide bonds. The number of carbonyl (C=O) groups is 3. The van der Waals surface area contributed by atoms with Crippen molar-refractivity contribution in [1.82, 2.24) is 5.32 Å². The minimum atomic E-state index is -1.33. The first-order valence-electron chi connectivity index (χ1n) is 9.37. The minimum absolute atomic E-state index is 0.000913. The molecule has 2 atom stereocenters. The summed E-state index contributed by atoms with van der Waals surface area (Å²) < 4.78 is 10.2. The van der Waals surface area contributed by atoms with Crippen LogP contribution in [0.25, 0.3) is 11.1 Å². The average molecular weight is 397 g/mol. The van der Waals surface area contributed by atoms with Gasteiger partial charge in [-0.05, 0) is 22.3 Å². The highest BCUT2D eigenvalue weighted by Gasteiger charge is 2.30. The van der Waals surface area contributed by atoms with Crippen LogP contribution in [0, 0.1) is 5.92 Å². The van der Waals surface area contributed by atoms with Crippen molar-refractivity contribution in [2.45, 2.75) is 25.9 Å². The third-order valence-electron chi connectivity index (χ3n) is 4.97.